The number of nitrogens with zero attached hydrogens (tertiary/aromatic N) is 2. The van der Waals surface area contributed by atoms with Crippen molar-refractivity contribution in [1.29, 1.82) is 0 Å². The highest BCUT2D eigenvalue weighted by Crippen LogP contribution is 2.29. The summed E-state index contributed by atoms with van der Waals surface area (Å²) in [5, 5.41) is 0. The quantitative estimate of drug-likeness (QED) is 0.719. The first-order valence-electron chi connectivity index (χ1n) is 6.38. The van der Waals surface area contributed by atoms with Gasteiger partial charge in [-0.05, 0) is 38.5 Å². The number of aromatic nitrogens is 2. The summed E-state index contributed by atoms with van der Waals surface area (Å²) >= 11 is 0. The lowest BCUT2D eigenvalue weighted by atomic mass is 10.0. The highest BCUT2D eigenvalue weighted by Gasteiger charge is 2.12. The van der Waals surface area contributed by atoms with Gasteiger partial charge in [-0.2, -0.15) is 0 Å². The Morgan fingerprint density at radius 1 is 1.05 bits per heavy atom. The molecule has 19 heavy (non-hydrogen) atoms. The van der Waals surface area contributed by atoms with Crippen molar-refractivity contribution < 1.29 is 0 Å². The van der Waals surface area contributed by atoms with E-state index < -0.39 is 0 Å². The Bertz CT molecular complexity index is 769. The van der Waals surface area contributed by atoms with E-state index in [4.69, 9.17) is 10.7 Å². The van der Waals surface area contributed by atoms with Gasteiger partial charge in [0.2, 0.25) is 0 Å². The van der Waals surface area contributed by atoms with Crippen LogP contribution in [0.15, 0.2) is 36.5 Å². The van der Waals surface area contributed by atoms with E-state index in [1.165, 1.54) is 16.7 Å². The molecule has 0 amide bonds. The minimum Gasteiger partial charge on any atom is -0.399 e. The summed E-state index contributed by atoms with van der Waals surface area (Å²) in [5.74, 6) is 0.977. The zero-order valence-corrected chi connectivity index (χ0v) is 11.4. The number of rotatable bonds is 1. The minimum atomic E-state index is 0.762. The summed E-state index contributed by atoms with van der Waals surface area (Å²) in [6, 6.07) is 10.3. The number of hydrogen-bond donors (Lipinski definition) is 1. The second kappa shape index (κ2) is 4.12. The number of hydrogen-bond acceptors (Lipinski definition) is 2. The normalized spacial score (nSPS) is 11.1. The van der Waals surface area contributed by atoms with Gasteiger partial charge in [-0.15, -0.1) is 0 Å². The Balaban J connectivity index is 2.33. The van der Waals surface area contributed by atoms with E-state index in [-0.39, 0.29) is 0 Å². The number of nitrogens with two attached hydrogens (primary N) is 1. The minimum absolute atomic E-state index is 0.762. The lowest BCUT2D eigenvalue weighted by Crippen LogP contribution is -1.91. The first kappa shape index (κ1) is 11.8. The van der Waals surface area contributed by atoms with Crippen LogP contribution in [0.3, 0.4) is 0 Å². The fourth-order valence-corrected chi connectivity index (χ4v) is 2.53. The molecule has 0 saturated heterocycles. The van der Waals surface area contributed by atoms with Gasteiger partial charge in [0.05, 0.1) is 11.2 Å². The maximum absolute atomic E-state index is 5.90. The number of nitrogen functional groups attached to an aromatic ring is 1. The summed E-state index contributed by atoms with van der Waals surface area (Å²) in [6.45, 7) is 6.23. The van der Waals surface area contributed by atoms with E-state index in [1.54, 1.807) is 0 Å². The monoisotopic (exact) mass is 251 g/mol. The maximum Gasteiger partial charge on any atom is 0.110 e. The van der Waals surface area contributed by atoms with Gasteiger partial charge in [-0.3, -0.25) is 0 Å². The molecule has 0 unspecified atom stereocenters. The molecule has 0 aliphatic heterocycles. The molecule has 0 spiro atoms. The van der Waals surface area contributed by atoms with Crippen LogP contribution in [0.5, 0.6) is 0 Å². The highest BCUT2D eigenvalue weighted by atomic mass is 15.0. The van der Waals surface area contributed by atoms with Gasteiger partial charge in [0.15, 0.2) is 0 Å². The Morgan fingerprint density at radius 3 is 2.58 bits per heavy atom. The van der Waals surface area contributed by atoms with Crippen LogP contribution >= 0.6 is 0 Å². The number of aryl methyl sites for hydroxylation is 3. The first-order valence-corrected chi connectivity index (χ1v) is 6.38. The standard InChI is InChI=1S/C16H17N3/c1-10-4-5-14(11(2)8-10)16-15-9-13(17)6-7-19(15)12(3)18-16/h4-9H,17H2,1-3H3. The third-order valence-electron chi connectivity index (χ3n) is 3.48. The van der Waals surface area contributed by atoms with Crippen LogP contribution in [0.2, 0.25) is 0 Å². The average molecular weight is 251 g/mol. The molecule has 0 fully saturated rings. The van der Waals surface area contributed by atoms with Crippen molar-refractivity contribution in [2.24, 2.45) is 0 Å². The molecule has 3 rings (SSSR count). The van der Waals surface area contributed by atoms with E-state index in [0.29, 0.717) is 0 Å². The Morgan fingerprint density at radius 2 is 1.84 bits per heavy atom. The third-order valence-corrected chi connectivity index (χ3v) is 3.48. The molecule has 2 aromatic heterocycles. The number of imidazole rings is 1. The van der Waals surface area contributed by atoms with Crippen LogP contribution in [-0.4, -0.2) is 9.38 Å². The van der Waals surface area contributed by atoms with Crippen molar-refractivity contribution in [3.8, 4) is 11.3 Å². The molecule has 0 bridgehead atoms. The third kappa shape index (κ3) is 1.87. The van der Waals surface area contributed by atoms with Crippen LogP contribution in [-0.2, 0) is 0 Å². The topological polar surface area (TPSA) is 43.3 Å². The van der Waals surface area contributed by atoms with Gasteiger partial charge >= 0.3 is 0 Å². The van der Waals surface area contributed by atoms with Crippen LogP contribution < -0.4 is 5.73 Å². The Kier molecular flexibility index (Phi) is 2.56. The molecule has 0 atom stereocenters. The lowest BCUT2D eigenvalue weighted by molar-refractivity contribution is 1.05. The average Bonchev–Trinajstić information content (AvgIpc) is 2.66. The SMILES string of the molecule is Cc1ccc(-c2nc(C)n3ccc(N)cc23)c(C)c1. The summed E-state index contributed by atoms with van der Waals surface area (Å²) < 4.78 is 2.07. The fourth-order valence-electron chi connectivity index (χ4n) is 2.53. The van der Waals surface area contributed by atoms with Gasteiger partial charge in [0.1, 0.15) is 5.82 Å². The number of fused-ring (bicyclic) bond motifs is 1. The second-order valence-corrected chi connectivity index (χ2v) is 5.04. The molecule has 0 radical (unpaired) electrons. The van der Waals surface area contributed by atoms with Gasteiger partial charge in [0.25, 0.3) is 0 Å². The second-order valence-electron chi connectivity index (χ2n) is 5.04. The smallest absolute Gasteiger partial charge is 0.110 e. The molecule has 3 nitrogen and oxygen atoms in total. The van der Waals surface area contributed by atoms with Gasteiger partial charge in [-0.1, -0.05) is 23.8 Å². The molecular weight excluding hydrogens is 234 g/mol. The predicted molar refractivity (Wildman–Crippen MR) is 79.3 cm³/mol. The summed E-state index contributed by atoms with van der Waals surface area (Å²) in [5.41, 5.74) is 12.4. The van der Waals surface area contributed by atoms with Crippen molar-refractivity contribution in [3.05, 3.63) is 53.5 Å². The zero-order valence-electron chi connectivity index (χ0n) is 11.4. The largest absolute Gasteiger partial charge is 0.399 e. The molecule has 0 aliphatic rings. The van der Waals surface area contributed by atoms with E-state index in [2.05, 4.69) is 36.4 Å². The van der Waals surface area contributed by atoms with E-state index in [9.17, 15) is 0 Å². The van der Waals surface area contributed by atoms with E-state index in [0.717, 1.165) is 22.7 Å². The van der Waals surface area contributed by atoms with Crippen molar-refractivity contribution in [1.82, 2.24) is 9.38 Å². The fraction of sp³-hybridized carbons (Fsp3) is 0.188. The summed E-state index contributed by atoms with van der Waals surface area (Å²) in [7, 11) is 0. The molecule has 2 heterocycles. The van der Waals surface area contributed by atoms with Crippen molar-refractivity contribution in [2.75, 3.05) is 5.73 Å². The molecule has 0 aliphatic carbocycles. The maximum atomic E-state index is 5.90. The summed E-state index contributed by atoms with van der Waals surface area (Å²) in [4.78, 5) is 4.70. The van der Waals surface area contributed by atoms with Crippen LogP contribution in [0.1, 0.15) is 17.0 Å². The molecule has 3 aromatic rings. The van der Waals surface area contributed by atoms with Crippen LogP contribution in [0.25, 0.3) is 16.8 Å². The molecule has 0 saturated carbocycles. The Labute approximate surface area is 112 Å². The van der Waals surface area contributed by atoms with E-state index in [1.807, 2.05) is 25.3 Å². The Hall–Kier alpha value is -2.29. The molecule has 1 aromatic carbocycles. The van der Waals surface area contributed by atoms with Crippen LogP contribution in [0, 0.1) is 20.8 Å². The van der Waals surface area contributed by atoms with Crippen molar-refractivity contribution in [3.63, 3.8) is 0 Å². The molecule has 3 heteroatoms. The summed E-state index contributed by atoms with van der Waals surface area (Å²) in [6.07, 6.45) is 1.97. The van der Waals surface area contributed by atoms with Crippen molar-refractivity contribution >= 4 is 11.2 Å². The molecular formula is C16H17N3. The molecule has 2 N–H and O–H groups in total. The van der Waals surface area contributed by atoms with Gasteiger partial charge < -0.3 is 10.1 Å². The lowest BCUT2D eigenvalue weighted by Gasteiger charge is -2.05. The number of anilines is 1. The predicted octanol–water partition coefficient (Wildman–Crippen LogP) is 3.51. The van der Waals surface area contributed by atoms with Gasteiger partial charge in [-0.25, -0.2) is 4.98 Å². The van der Waals surface area contributed by atoms with Crippen molar-refractivity contribution in [2.45, 2.75) is 20.8 Å². The molecule has 96 valence electrons. The van der Waals surface area contributed by atoms with E-state index >= 15 is 0 Å². The number of benzene rings is 1. The first-order chi connectivity index (χ1) is 9.06. The van der Waals surface area contributed by atoms with Gasteiger partial charge in [0, 0.05) is 17.4 Å². The number of pyridine rings is 1. The van der Waals surface area contributed by atoms with Crippen LogP contribution in [0.4, 0.5) is 5.69 Å². The highest BCUT2D eigenvalue weighted by molar-refractivity contribution is 5.81. The zero-order chi connectivity index (χ0) is 13.6.